The predicted molar refractivity (Wildman–Crippen MR) is 142 cm³/mol. The summed E-state index contributed by atoms with van der Waals surface area (Å²) in [5, 5.41) is 8.98. The fourth-order valence-electron chi connectivity index (χ4n) is 4.63. The van der Waals surface area contributed by atoms with Crippen LogP contribution in [0.1, 0.15) is 65.9 Å². The summed E-state index contributed by atoms with van der Waals surface area (Å²) < 4.78 is 5.85. The SMILES string of the molecule is CC1=C(C)C(=O)C(CCCOc2ccc(CC(NC(=O)[C@@H]3CCCN3)C(=O)NC(C)C)cc2)=C(C)C1=O. The number of rotatable bonds is 11. The molecule has 3 N–H and O–H groups in total. The van der Waals surface area contributed by atoms with Crippen LogP contribution in [0, 0.1) is 0 Å². The number of carbonyl (C=O) groups is 4. The molecule has 1 heterocycles. The van der Waals surface area contributed by atoms with Crippen molar-refractivity contribution in [1.29, 1.82) is 0 Å². The first-order valence-corrected chi connectivity index (χ1v) is 13.1. The topological polar surface area (TPSA) is 114 Å². The van der Waals surface area contributed by atoms with E-state index in [0.29, 0.717) is 53.9 Å². The third kappa shape index (κ3) is 7.38. The van der Waals surface area contributed by atoms with Crippen molar-refractivity contribution in [3.63, 3.8) is 0 Å². The Morgan fingerprint density at radius 2 is 1.68 bits per heavy atom. The van der Waals surface area contributed by atoms with E-state index < -0.39 is 6.04 Å². The maximum Gasteiger partial charge on any atom is 0.243 e. The molecule has 8 heteroatoms. The van der Waals surface area contributed by atoms with Crippen molar-refractivity contribution >= 4 is 23.4 Å². The van der Waals surface area contributed by atoms with Gasteiger partial charge in [-0.25, -0.2) is 0 Å². The Hall–Kier alpha value is -3.26. The largest absolute Gasteiger partial charge is 0.494 e. The minimum atomic E-state index is -0.669. The van der Waals surface area contributed by atoms with Gasteiger partial charge in [-0.2, -0.15) is 0 Å². The number of Topliss-reactive ketones (excluding diaryl/α,β-unsaturated/α-hetero) is 2. The Balaban J connectivity index is 1.54. The zero-order chi connectivity index (χ0) is 27.1. The molecule has 1 aromatic carbocycles. The monoisotopic (exact) mass is 509 g/mol. The molecule has 2 atom stereocenters. The first-order chi connectivity index (χ1) is 17.6. The number of allylic oxidation sites excluding steroid dienone is 4. The lowest BCUT2D eigenvalue weighted by Crippen LogP contribution is -2.53. The van der Waals surface area contributed by atoms with Gasteiger partial charge >= 0.3 is 0 Å². The molecule has 1 unspecified atom stereocenters. The quantitative estimate of drug-likeness (QED) is 0.312. The van der Waals surface area contributed by atoms with Crippen LogP contribution in [0.5, 0.6) is 5.75 Å². The second-order valence-electron chi connectivity index (χ2n) is 10.2. The van der Waals surface area contributed by atoms with E-state index in [2.05, 4.69) is 16.0 Å². The van der Waals surface area contributed by atoms with Gasteiger partial charge in [0.2, 0.25) is 11.8 Å². The number of ether oxygens (including phenoxy) is 1. The molecule has 8 nitrogen and oxygen atoms in total. The summed E-state index contributed by atoms with van der Waals surface area (Å²) in [6.45, 7) is 10.1. The first kappa shape index (κ1) is 28.3. The molecule has 1 aliphatic carbocycles. The molecule has 3 rings (SSSR count). The molecular weight excluding hydrogens is 470 g/mol. The minimum Gasteiger partial charge on any atom is -0.494 e. The van der Waals surface area contributed by atoms with E-state index in [-0.39, 0.29) is 35.5 Å². The van der Waals surface area contributed by atoms with Gasteiger partial charge in [0.15, 0.2) is 11.6 Å². The first-order valence-electron chi connectivity index (χ1n) is 13.1. The van der Waals surface area contributed by atoms with Crippen LogP contribution in [-0.4, -0.2) is 54.7 Å². The lowest BCUT2D eigenvalue weighted by Gasteiger charge is -2.22. The third-order valence-electron chi connectivity index (χ3n) is 6.95. The molecule has 0 spiro atoms. The summed E-state index contributed by atoms with van der Waals surface area (Å²) in [7, 11) is 0. The lowest BCUT2D eigenvalue weighted by atomic mass is 9.84. The number of nitrogens with one attached hydrogen (secondary N) is 3. The Labute approximate surface area is 219 Å². The molecule has 0 aromatic heterocycles. The molecule has 1 aromatic rings. The average Bonchev–Trinajstić information content (AvgIpc) is 3.41. The summed E-state index contributed by atoms with van der Waals surface area (Å²) >= 11 is 0. The smallest absolute Gasteiger partial charge is 0.243 e. The fraction of sp³-hybridized carbons (Fsp3) is 0.517. The number of amides is 2. The van der Waals surface area contributed by atoms with Crippen LogP contribution >= 0.6 is 0 Å². The molecule has 0 radical (unpaired) electrons. The standard InChI is InChI=1S/C29H39N3O5/c1-17(2)31-29(36)25(32-28(35)24-9-6-14-30-24)16-21-10-12-22(13-11-21)37-15-7-8-23-20(5)26(33)18(3)19(4)27(23)34/h10-13,17,24-25,30H,6-9,14-16H2,1-5H3,(H,31,36)(H,32,35)/t24-,25?/m0/s1. The van der Waals surface area contributed by atoms with Crippen LogP contribution in [0.4, 0.5) is 0 Å². The Bertz CT molecular complexity index is 1100. The van der Waals surface area contributed by atoms with Gasteiger partial charge in [-0.1, -0.05) is 12.1 Å². The second-order valence-corrected chi connectivity index (χ2v) is 10.2. The van der Waals surface area contributed by atoms with E-state index in [1.165, 1.54) is 0 Å². The highest BCUT2D eigenvalue weighted by Gasteiger charge is 2.28. The fourth-order valence-corrected chi connectivity index (χ4v) is 4.63. The van der Waals surface area contributed by atoms with Crippen LogP contribution in [0.3, 0.4) is 0 Å². The van der Waals surface area contributed by atoms with Crippen molar-refractivity contribution in [3.8, 4) is 5.75 Å². The van der Waals surface area contributed by atoms with E-state index >= 15 is 0 Å². The van der Waals surface area contributed by atoms with Crippen LogP contribution < -0.4 is 20.7 Å². The van der Waals surface area contributed by atoms with Crippen LogP contribution in [0.2, 0.25) is 0 Å². The predicted octanol–water partition coefficient (Wildman–Crippen LogP) is 2.95. The molecular formula is C29H39N3O5. The maximum absolute atomic E-state index is 12.8. The van der Waals surface area contributed by atoms with Crippen molar-refractivity contribution in [3.05, 3.63) is 52.1 Å². The van der Waals surface area contributed by atoms with Crippen molar-refractivity contribution in [2.75, 3.05) is 13.2 Å². The van der Waals surface area contributed by atoms with Crippen molar-refractivity contribution in [1.82, 2.24) is 16.0 Å². The number of carbonyl (C=O) groups excluding carboxylic acids is 4. The molecule has 0 saturated carbocycles. The van der Waals surface area contributed by atoms with Gasteiger partial charge in [-0.05, 0) is 84.5 Å². The van der Waals surface area contributed by atoms with E-state index in [1.807, 2.05) is 38.1 Å². The zero-order valence-electron chi connectivity index (χ0n) is 22.5. The lowest BCUT2D eigenvalue weighted by molar-refractivity contribution is -0.130. The summed E-state index contributed by atoms with van der Waals surface area (Å²) in [6, 6.07) is 6.49. The Morgan fingerprint density at radius 3 is 2.30 bits per heavy atom. The normalized spacial score (nSPS) is 18.9. The van der Waals surface area contributed by atoms with E-state index in [4.69, 9.17) is 4.74 Å². The number of hydrogen-bond acceptors (Lipinski definition) is 6. The number of benzene rings is 1. The average molecular weight is 510 g/mol. The summed E-state index contributed by atoms with van der Waals surface area (Å²) in [4.78, 5) is 50.3. The summed E-state index contributed by atoms with van der Waals surface area (Å²) in [5.74, 6) is 0.216. The van der Waals surface area contributed by atoms with Crippen molar-refractivity contribution in [2.24, 2.45) is 0 Å². The molecule has 200 valence electrons. The van der Waals surface area contributed by atoms with Gasteiger partial charge in [-0.15, -0.1) is 0 Å². The molecule has 1 saturated heterocycles. The maximum atomic E-state index is 12.8. The highest BCUT2D eigenvalue weighted by molar-refractivity contribution is 6.24. The number of ketones is 2. The molecule has 2 aliphatic rings. The molecule has 1 aliphatic heterocycles. The zero-order valence-corrected chi connectivity index (χ0v) is 22.5. The van der Waals surface area contributed by atoms with Gasteiger partial charge in [0, 0.05) is 34.8 Å². The molecule has 37 heavy (non-hydrogen) atoms. The summed E-state index contributed by atoms with van der Waals surface area (Å²) in [6.07, 6.45) is 3.19. The highest BCUT2D eigenvalue weighted by Crippen LogP contribution is 2.27. The third-order valence-corrected chi connectivity index (χ3v) is 6.95. The number of hydrogen-bond donors (Lipinski definition) is 3. The summed E-state index contributed by atoms with van der Waals surface area (Å²) in [5.41, 5.74) is 3.07. The van der Waals surface area contributed by atoms with Crippen LogP contribution in [0.25, 0.3) is 0 Å². The Morgan fingerprint density at radius 1 is 1.00 bits per heavy atom. The molecule has 0 bridgehead atoms. The van der Waals surface area contributed by atoms with Crippen molar-refractivity contribution in [2.45, 2.75) is 84.8 Å². The Kier molecular flexibility index (Phi) is 9.80. The van der Waals surface area contributed by atoms with E-state index in [9.17, 15) is 19.2 Å². The highest BCUT2D eigenvalue weighted by atomic mass is 16.5. The van der Waals surface area contributed by atoms with Crippen LogP contribution in [0.15, 0.2) is 46.6 Å². The van der Waals surface area contributed by atoms with Crippen LogP contribution in [-0.2, 0) is 25.6 Å². The van der Waals surface area contributed by atoms with E-state index in [0.717, 1.165) is 24.9 Å². The molecule has 1 fully saturated rings. The van der Waals surface area contributed by atoms with E-state index in [1.54, 1.807) is 20.8 Å². The minimum absolute atomic E-state index is 0.0298. The van der Waals surface area contributed by atoms with Gasteiger partial charge in [-0.3, -0.25) is 19.2 Å². The van der Waals surface area contributed by atoms with Gasteiger partial charge < -0.3 is 20.7 Å². The van der Waals surface area contributed by atoms with Gasteiger partial charge in [0.1, 0.15) is 11.8 Å². The van der Waals surface area contributed by atoms with Crippen molar-refractivity contribution < 1.29 is 23.9 Å². The van der Waals surface area contributed by atoms with Gasteiger partial charge in [0.05, 0.1) is 12.6 Å². The van der Waals surface area contributed by atoms with Gasteiger partial charge in [0.25, 0.3) is 0 Å². The molecule has 2 amide bonds. The second kappa shape index (κ2) is 12.8.